The fraction of sp³-hybridized carbons (Fsp3) is 0.357. The maximum Gasteiger partial charge on any atom is 0.161 e. The molecule has 1 aliphatic rings. The van der Waals surface area contributed by atoms with Crippen molar-refractivity contribution < 1.29 is 9.47 Å². The van der Waals surface area contributed by atoms with E-state index in [0.717, 1.165) is 22.8 Å². The number of aryl methyl sites for hydroxylation is 1. The van der Waals surface area contributed by atoms with Gasteiger partial charge in [0.2, 0.25) is 0 Å². The maximum atomic E-state index is 5.79. The summed E-state index contributed by atoms with van der Waals surface area (Å²) in [4.78, 5) is 0. The number of ether oxygens (including phenoxy) is 2. The van der Waals surface area contributed by atoms with Gasteiger partial charge in [0, 0.05) is 18.5 Å². The van der Waals surface area contributed by atoms with Crippen LogP contribution in [0.3, 0.4) is 0 Å². The Kier molecular flexibility index (Phi) is 3.33. The van der Waals surface area contributed by atoms with Crippen molar-refractivity contribution in [1.82, 2.24) is 15.2 Å². The van der Waals surface area contributed by atoms with E-state index >= 15 is 0 Å². The molecule has 6 nitrogen and oxygen atoms in total. The molecule has 0 saturated carbocycles. The molecular weight excluding hydrogens is 256 g/mol. The highest BCUT2D eigenvalue weighted by Gasteiger charge is 2.35. The zero-order valence-electron chi connectivity index (χ0n) is 11.5. The summed E-state index contributed by atoms with van der Waals surface area (Å²) in [7, 11) is 3.51. The van der Waals surface area contributed by atoms with Gasteiger partial charge in [-0.2, -0.15) is 5.10 Å². The standard InChI is InChI=1S/C14H18N4O2/c1-18-14(12(19-2)7-16-18)13(17-15)10-8-20-11-6-4-3-5-9(10)11/h3-7,10,13,17H,8,15H2,1-2H3. The van der Waals surface area contributed by atoms with Gasteiger partial charge in [-0.25, -0.2) is 0 Å². The molecule has 0 amide bonds. The molecule has 0 bridgehead atoms. The Morgan fingerprint density at radius 3 is 3.05 bits per heavy atom. The smallest absolute Gasteiger partial charge is 0.161 e. The van der Waals surface area contributed by atoms with Crippen molar-refractivity contribution in [3.63, 3.8) is 0 Å². The molecule has 1 aliphatic heterocycles. The number of hydrogen-bond acceptors (Lipinski definition) is 5. The zero-order chi connectivity index (χ0) is 14.1. The van der Waals surface area contributed by atoms with Gasteiger partial charge >= 0.3 is 0 Å². The van der Waals surface area contributed by atoms with Gasteiger partial charge in [-0.1, -0.05) is 18.2 Å². The van der Waals surface area contributed by atoms with E-state index in [1.165, 1.54) is 0 Å². The molecule has 2 atom stereocenters. The largest absolute Gasteiger partial charge is 0.493 e. The first-order valence-electron chi connectivity index (χ1n) is 6.50. The van der Waals surface area contributed by atoms with Gasteiger partial charge in [0.05, 0.1) is 31.6 Å². The quantitative estimate of drug-likeness (QED) is 0.645. The first kappa shape index (κ1) is 13.0. The zero-order valence-corrected chi connectivity index (χ0v) is 11.5. The molecule has 6 heteroatoms. The predicted octanol–water partition coefficient (Wildman–Crippen LogP) is 1.11. The van der Waals surface area contributed by atoms with E-state index in [9.17, 15) is 0 Å². The second-order valence-corrected chi connectivity index (χ2v) is 4.82. The molecule has 0 aliphatic carbocycles. The Bertz CT molecular complexity index is 611. The molecular formula is C14H18N4O2. The van der Waals surface area contributed by atoms with Gasteiger partial charge in [0.25, 0.3) is 0 Å². The predicted molar refractivity (Wildman–Crippen MR) is 74.5 cm³/mol. The first-order valence-corrected chi connectivity index (χ1v) is 6.50. The van der Waals surface area contributed by atoms with Gasteiger partial charge in [-0.15, -0.1) is 0 Å². The van der Waals surface area contributed by atoms with Crippen molar-refractivity contribution in [3.8, 4) is 11.5 Å². The lowest BCUT2D eigenvalue weighted by Crippen LogP contribution is -2.34. The van der Waals surface area contributed by atoms with Crippen molar-refractivity contribution in [3.05, 3.63) is 41.7 Å². The number of nitrogens with one attached hydrogen (secondary N) is 1. The van der Waals surface area contributed by atoms with Crippen molar-refractivity contribution in [2.24, 2.45) is 12.9 Å². The Labute approximate surface area is 117 Å². The van der Waals surface area contributed by atoms with Crippen LogP contribution >= 0.6 is 0 Å². The molecule has 3 rings (SSSR count). The average Bonchev–Trinajstić information content (AvgIpc) is 3.06. The SMILES string of the molecule is COc1cnn(C)c1C(NN)C1COc2ccccc21. The summed E-state index contributed by atoms with van der Waals surface area (Å²) >= 11 is 0. The highest BCUT2D eigenvalue weighted by molar-refractivity contribution is 5.43. The van der Waals surface area contributed by atoms with E-state index in [1.807, 2.05) is 25.2 Å². The molecule has 3 N–H and O–H groups in total. The lowest BCUT2D eigenvalue weighted by atomic mass is 9.91. The topological polar surface area (TPSA) is 74.3 Å². The van der Waals surface area contributed by atoms with Crippen LogP contribution in [-0.4, -0.2) is 23.5 Å². The fourth-order valence-corrected chi connectivity index (χ4v) is 2.79. The monoisotopic (exact) mass is 274 g/mol. The van der Waals surface area contributed by atoms with Gasteiger partial charge in [0.15, 0.2) is 5.75 Å². The molecule has 0 fully saturated rings. The molecule has 106 valence electrons. The molecule has 0 saturated heterocycles. The minimum Gasteiger partial charge on any atom is -0.493 e. The fourth-order valence-electron chi connectivity index (χ4n) is 2.79. The van der Waals surface area contributed by atoms with Crippen LogP contribution < -0.4 is 20.7 Å². The highest BCUT2D eigenvalue weighted by Crippen LogP contribution is 2.42. The summed E-state index contributed by atoms with van der Waals surface area (Å²) in [6.45, 7) is 0.586. The summed E-state index contributed by atoms with van der Waals surface area (Å²) in [5.41, 5.74) is 4.95. The number of hydrogen-bond donors (Lipinski definition) is 2. The lowest BCUT2D eigenvalue weighted by Gasteiger charge is -2.23. The number of methoxy groups -OCH3 is 1. The van der Waals surface area contributed by atoms with E-state index in [0.29, 0.717) is 6.61 Å². The molecule has 20 heavy (non-hydrogen) atoms. The van der Waals surface area contributed by atoms with Gasteiger partial charge in [-0.3, -0.25) is 16.0 Å². The average molecular weight is 274 g/mol. The third-order valence-electron chi connectivity index (χ3n) is 3.78. The second kappa shape index (κ2) is 5.15. The van der Waals surface area contributed by atoms with Crippen LogP contribution in [0.25, 0.3) is 0 Å². The second-order valence-electron chi connectivity index (χ2n) is 4.82. The highest BCUT2D eigenvalue weighted by atomic mass is 16.5. The Hall–Kier alpha value is -2.05. The minimum atomic E-state index is -0.124. The molecule has 2 unspecified atom stereocenters. The summed E-state index contributed by atoms with van der Waals surface area (Å²) in [5, 5.41) is 4.24. The lowest BCUT2D eigenvalue weighted by molar-refractivity contribution is 0.291. The van der Waals surface area contributed by atoms with Crippen molar-refractivity contribution in [2.75, 3.05) is 13.7 Å². The number of nitrogens with zero attached hydrogens (tertiary/aromatic N) is 2. The van der Waals surface area contributed by atoms with Crippen molar-refractivity contribution in [1.29, 1.82) is 0 Å². The number of fused-ring (bicyclic) bond motifs is 1. The Morgan fingerprint density at radius 1 is 1.50 bits per heavy atom. The van der Waals surface area contributed by atoms with Gasteiger partial charge in [0.1, 0.15) is 5.75 Å². The molecule has 0 radical (unpaired) electrons. The molecule has 2 aromatic rings. The van der Waals surface area contributed by atoms with Gasteiger partial charge < -0.3 is 9.47 Å². The first-order chi connectivity index (χ1) is 9.76. The third-order valence-corrected chi connectivity index (χ3v) is 3.78. The normalized spacial score (nSPS) is 18.4. The van der Waals surface area contributed by atoms with E-state index in [2.05, 4.69) is 16.6 Å². The number of para-hydroxylation sites is 1. The van der Waals surface area contributed by atoms with Crippen LogP contribution in [0, 0.1) is 0 Å². The summed E-state index contributed by atoms with van der Waals surface area (Å²) in [5.74, 6) is 7.55. The summed E-state index contributed by atoms with van der Waals surface area (Å²) in [6.07, 6.45) is 1.70. The van der Waals surface area contributed by atoms with Crippen molar-refractivity contribution >= 4 is 0 Å². The van der Waals surface area contributed by atoms with E-state index in [4.69, 9.17) is 15.3 Å². The van der Waals surface area contributed by atoms with Crippen LogP contribution in [0.15, 0.2) is 30.5 Å². The van der Waals surface area contributed by atoms with Crippen molar-refractivity contribution in [2.45, 2.75) is 12.0 Å². The van der Waals surface area contributed by atoms with E-state index < -0.39 is 0 Å². The van der Waals surface area contributed by atoms with E-state index in [1.54, 1.807) is 18.0 Å². The molecule has 1 aromatic heterocycles. The Morgan fingerprint density at radius 2 is 2.30 bits per heavy atom. The van der Waals surface area contributed by atoms with E-state index in [-0.39, 0.29) is 12.0 Å². The molecule has 0 spiro atoms. The van der Waals surface area contributed by atoms with Crippen LogP contribution in [-0.2, 0) is 7.05 Å². The van der Waals surface area contributed by atoms with Crippen LogP contribution in [0.4, 0.5) is 0 Å². The third kappa shape index (κ3) is 1.93. The summed E-state index contributed by atoms with van der Waals surface area (Å²) in [6, 6.07) is 7.90. The number of hydrazine groups is 1. The molecule has 1 aromatic carbocycles. The number of nitrogens with two attached hydrogens (primary N) is 1. The van der Waals surface area contributed by atoms with Crippen LogP contribution in [0.5, 0.6) is 11.5 Å². The summed E-state index contributed by atoms with van der Waals surface area (Å²) < 4.78 is 12.9. The van der Waals surface area contributed by atoms with Gasteiger partial charge in [-0.05, 0) is 6.07 Å². The number of benzene rings is 1. The minimum absolute atomic E-state index is 0.124. The van der Waals surface area contributed by atoms with Crippen LogP contribution in [0.2, 0.25) is 0 Å². The maximum absolute atomic E-state index is 5.79. The molecule has 2 heterocycles. The number of rotatable bonds is 4. The Balaban J connectivity index is 2.01. The van der Waals surface area contributed by atoms with Crippen LogP contribution in [0.1, 0.15) is 23.2 Å². The number of aromatic nitrogens is 2.